The summed E-state index contributed by atoms with van der Waals surface area (Å²) in [6.45, 7) is 1.74. The average Bonchev–Trinajstić information content (AvgIpc) is 2.18. The molecule has 1 amide bonds. The molecule has 0 saturated heterocycles. The van der Waals surface area contributed by atoms with E-state index in [2.05, 4.69) is 0 Å². The van der Waals surface area contributed by atoms with Crippen LogP contribution in [-0.2, 0) is 4.79 Å². The molecule has 0 fully saturated rings. The molecular formula is C10H10N2OS. The van der Waals surface area contributed by atoms with Gasteiger partial charge in [0.05, 0.1) is 16.9 Å². The number of hydrogen-bond donors (Lipinski definition) is 1. The normalized spacial score (nSPS) is 11.7. The molecule has 0 spiro atoms. The van der Waals surface area contributed by atoms with Crippen LogP contribution in [0.1, 0.15) is 12.5 Å². The predicted octanol–water partition coefficient (Wildman–Crippen LogP) is 1.52. The van der Waals surface area contributed by atoms with Crippen molar-refractivity contribution < 1.29 is 4.79 Å². The van der Waals surface area contributed by atoms with E-state index in [9.17, 15) is 4.79 Å². The van der Waals surface area contributed by atoms with E-state index >= 15 is 0 Å². The summed E-state index contributed by atoms with van der Waals surface area (Å²) < 4.78 is 0. The van der Waals surface area contributed by atoms with Gasteiger partial charge in [0, 0.05) is 4.90 Å². The molecule has 0 bridgehead atoms. The van der Waals surface area contributed by atoms with E-state index in [4.69, 9.17) is 11.0 Å². The van der Waals surface area contributed by atoms with Crippen LogP contribution in [0.2, 0.25) is 0 Å². The van der Waals surface area contributed by atoms with Crippen molar-refractivity contribution in [3.63, 3.8) is 0 Å². The van der Waals surface area contributed by atoms with Crippen LogP contribution < -0.4 is 5.73 Å². The van der Waals surface area contributed by atoms with E-state index < -0.39 is 0 Å². The summed E-state index contributed by atoms with van der Waals surface area (Å²) in [5, 5.41) is 8.38. The topological polar surface area (TPSA) is 66.9 Å². The van der Waals surface area contributed by atoms with Crippen LogP contribution in [-0.4, -0.2) is 11.2 Å². The van der Waals surface area contributed by atoms with E-state index in [-0.39, 0.29) is 11.2 Å². The van der Waals surface area contributed by atoms with Crippen molar-refractivity contribution in [1.29, 1.82) is 5.26 Å². The minimum absolute atomic E-state index is 0.274. The number of primary amides is 1. The van der Waals surface area contributed by atoms with Gasteiger partial charge in [-0.15, -0.1) is 11.8 Å². The molecule has 0 aliphatic carbocycles. The number of carbonyl (C=O) groups is 1. The largest absolute Gasteiger partial charge is 0.369 e. The Kier molecular flexibility index (Phi) is 3.55. The lowest BCUT2D eigenvalue weighted by atomic mass is 10.2. The molecule has 72 valence electrons. The van der Waals surface area contributed by atoms with Crippen molar-refractivity contribution in [3.05, 3.63) is 29.8 Å². The predicted molar refractivity (Wildman–Crippen MR) is 55.7 cm³/mol. The van der Waals surface area contributed by atoms with Gasteiger partial charge >= 0.3 is 0 Å². The Labute approximate surface area is 86.9 Å². The lowest BCUT2D eigenvalue weighted by Crippen LogP contribution is -2.22. The molecule has 2 N–H and O–H groups in total. The van der Waals surface area contributed by atoms with Gasteiger partial charge in [-0.2, -0.15) is 5.26 Å². The molecule has 1 aromatic carbocycles. The minimum atomic E-state index is -0.350. The van der Waals surface area contributed by atoms with Gasteiger partial charge in [-0.25, -0.2) is 0 Å². The van der Waals surface area contributed by atoms with Crippen molar-refractivity contribution in [2.45, 2.75) is 17.1 Å². The highest BCUT2D eigenvalue weighted by atomic mass is 32.2. The molecule has 1 unspecified atom stereocenters. The van der Waals surface area contributed by atoms with Gasteiger partial charge in [-0.05, 0) is 25.1 Å². The highest BCUT2D eigenvalue weighted by Crippen LogP contribution is 2.23. The first-order chi connectivity index (χ1) is 6.63. The molecule has 1 aromatic rings. The summed E-state index contributed by atoms with van der Waals surface area (Å²) >= 11 is 1.36. The SMILES string of the molecule is CC(Sc1cccc(C#N)c1)C(N)=O. The Morgan fingerprint density at radius 1 is 1.64 bits per heavy atom. The highest BCUT2D eigenvalue weighted by molar-refractivity contribution is 8.00. The maximum absolute atomic E-state index is 10.8. The number of thioether (sulfide) groups is 1. The number of hydrogen-bond acceptors (Lipinski definition) is 3. The van der Waals surface area contributed by atoms with Crippen LogP contribution in [0.25, 0.3) is 0 Å². The maximum Gasteiger partial charge on any atom is 0.230 e. The van der Waals surface area contributed by atoms with Crippen LogP contribution in [0.15, 0.2) is 29.2 Å². The molecule has 0 aliphatic rings. The first-order valence-electron chi connectivity index (χ1n) is 4.09. The van der Waals surface area contributed by atoms with Crippen molar-refractivity contribution in [3.8, 4) is 6.07 Å². The second-order valence-corrected chi connectivity index (χ2v) is 4.22. The standard InChI is InChI=1S/C10H10N2OS/c1-7(10(12)13)14-9-4-2-3-8(5-9)6-11/h2-5,7H,1H3,(H2,12,13). The fourth-order valence-corrected chi connectivity index (χ4v) is 1.78. The second kappa shape index (κ2) is 4.68. The second-order valence-electron chi connectivity index (χ2n) is 2.80. The molecule has 1 rings (SSSR count). The maximum atomic E-state index is 10.8. The van der Waals surface area contributed by atoms with Gasteiger partial charge in [0.1, 0.15) is 0 Å². The Hall–Kier alpha value is -1.47. The molecule has 4 heteroatoms. The van der Waals surface area contributed by atoms with Crippen molar-refractivity contribution in [2.75, 3.05) is 0 Å². The van der Waals surface area contributed by atoms with E-state index in [1.165, 1.54) is 11.8 Å². The van der Waals surface area contributed by atoms with Crippen LogP contribution in [0.3, 0.4) is 0 Å². The number of amides is 1. The molecule has 3 nitrogen and oxygen atoms in total. The van der Waals surface area contributed by atoms with Gasteiger partial charge in [0.2, 0.25) is 5.91 Å². The van der Waals surface area contributed by atoms with Crippen LogP contribution in [0, 0.1) is 11.3 Å². The van der Waals surface area contributed by atoms with Crippen LogP contribution in [0.5, 0.6) is 0 Å². The average molecular weight is 206 g/mol. The molecule has 1 atom stereocenters. The lowest BCUT2D eigenvalue weighted by Gasteiger charge is -2.06. The van der Waals surface area contributed by atoms with E-state index in [0.29, 0.717) is 5.56 Å². The molecule has 0 aromatic heterocycles. The first-order valence-corrected chi connectivity index (χ1v) is 4.97. The van der Waals surface area contributed by atoms with Gasteiger partial charge < -0.3 is 5.73 Å². The fourth-order valence-electron chi connectivity index (χ4n) is 0.901. The minimum Gasteiger partial charge on any atom is -0.369 e. The number of benzene rings is 1. The number of nitrogens with two attached hydrogens (primary N) is 1. The van der Waals surface area contributed by atoms with Gasteiger partial charge in [0.15, 0.2) is 0 Å². The Morgan fingerprint density at radius 2 is 2.36 bits per heavy atom. The summed E-state index contributed by atoms with van der Waals surface area (Å²) in [6.07, 6.45) is 0. The van der Waals surface area contributed by atoms with E-state index in [0.717, 1.165) is 4.90 Å². The van der Waals surface area contributed by atoms with Crippen LogP contribution >= 0.6 is 11.8 Å². The van der Waals surface area contributed by atoms with E-state index in [1.54, 1.807) is 25.1 Å². The molecule has 0 heterocycles. The number of rotatable bonds is 3. The Balaban J connectivity index is 2.78. The lowest BCUT2D eigenvalue weighted by molar-refractivity contribution is -0.117. The van der Waals surface area contributed by atoms with E-state index in [1.807, 2.05) is 12.1 Å². The monoisotopic (exact) mass is 206 g/mol. The third kappa shape index (κ3) is 2.79. The third-order valence-corrected chi connectivity index (χ3v) is 2.79. The summed E-state index contributed by atoms with van der Waals surface area (Å²) in [7, 11) is 0. The van der Waals surface area contributed by atoms with Crippen molar-refractivity contribution >= 4 is 17.7 Å². The zero-order chi connectivity index (χ0) is 10.6. The molecular weight excluding hydrogens is 196 g/mol. The fraction of sp³-hybridized carbons (Fsp3) is 0.200. The Morgan fingerprint density at radius 3 is 2.93 bits per heavy atom. The van der Waals surface area contributed by atoms with Crippen LogP contribution in [0.4, 0.5) is 0 Å². The van der Waals surface area contributed by atoms with Gasteiger partial charge in [0.25, 0.3) is 0 Å². The summed E-state index contributed by atoms with van der Waals surface area (Å²) in [5.74, 6) is -0.350. The number of carbonyl (C=O) groups excluding carboxylic acids is 1. The number of nitriles is 1. The summed E-state index contributed by atoms with van der Waals surface area (Å²) in [5.41, 5.74) is 5.72. The first kappa shape index (κ1) is 10.6. The third-order valence-electron chi connectivity index (χ3n) is 1.68. The molecule has 0 radical (unpaired) electrons. The summed E-state index contributed by atoms with van der Waals surface area (Å²) in [6, 6.07) is 9.14. The number of nitrogens with zero attached hydrogens (tertiary/aromatic N) is 1. The molecule has 14 heavy (non-hydrogen) atoms. The summed E-state index contributed by atoms with van der Waals surface area (Å²) in [4.78, 5) is 11.7. The zero-order valence-corrected chi connectivity index (χ0v) is 8.54. The van der Waals surface area contributed by atoms with Crippen molar-refractivity contribution in [2.24, 2.45) is 5.73 Å². The van der Waals surface area contributed by atoms with Crippen molar-refractivity contribution in [1.82, 2.24) is 0 Å². The quantitative estimate of drug-likeness (QED) is 0.762. The smallest absolute Gasteiger partial charge is 0.230 e. The molecule has 0 aliphatic heterocycles. The van der Waals surface area contributed by atoms with Gasteiger partial charge in [-0.1, -0.05) is 6.07 Å². The highest BCUT2D eigenvalue weighted by Gasteiger charge is 2.09. The Bertz CT molecular complexity index is 384. The zero-order valence-electron chi connectivity index (χ0n) is 7.73. The molecule has 0 saturated carbocycles. The van der Waals surface area contributed by atoms with Gasteiger partial charge in [-0.3, -0.25) is 4.79 Å².